The van der Waals surface area contributed by atoms with E-state index in [1.165, 1.54) is 0 Å². The topological polar surface area (TPSA) is 151 Å². The van der Waals surface area contributed by atoms with E-state index in [4.69, 9.17) is 9.47 Å². The summed E-state index contributed by atoms with van der Waals surface area (Å²) in [5.74, 6) is -2.56. The molecule has 4 N–H and O–H groups in total. The van der Waals surface area contributed by atoms with E-state index in [0.29, 0.717) is 0 Å². The maximum Gasteiger partial charge on any atom is 0.408 e. The zero-order valence-electron chi connectivity index (χ0n) is 16.7. The second-order valence-corrected chi connectivity index (χ2v) is 10.2. The van der Waals surface area contributed by atoms with Crippen LogP contribution in [-0.4, -0.2) is 69.1 Å². The van der Waals surface area contributed by atoms with Crippen LogP contribution >= 0.6 is 21.6 Å². The smallest absolute Gasteiger partial charge is 0.408 e. The van der Waals surface area contributed by atoms with Crippen molar-refractivity contribution in [1.82, 2.24) is 10.6 Å². The summed E-state index contributed by atoms with van der Waals surface area (Å²) in [6, 6.07) is -2.43. The third kappa shape index (κ3) is 13.4. The van der Waals surface area contributed by atoms with Crippen LogP contribution in [-0.2, 0) is 19.1 Å². The minimum Gasteiger partial charge on any atom is -0.480 e. The van der Waals surface area contributed by atoms with E-state index in [9.17, 15) is 29.4 Å². The second kappa shape index (κ2) is 11.2. The predicted molar refractivity (Wildman–Crippen MR) is 107 cm³/mol. The zero-order valence-corrected chi connectivity index (χ0v) is 18.4. The molecule has 0 rings (SSSR count). The van der Waals surface area contributed by atoms with Gasteiger partial charge < -0.3 is 30.3 Å². The first kappa shape index (κ1) is 26.2. The van der Waals surface area contributed by atoms with Crippen LogP contribution in [0.3, 0.4) is 0 Å². The number of carbonyl (C=O) groups excluding carboxylic acids is 2. The fourth-order valence-corrected chi connectivity index (χ4v) is 3.79. The van der Waals surface area contributed by atoms with Gasteiger partial charge in [-0.25, -0.2) is 19.2 Å². The van der Waals surface area contributed by atoms with Gasteiger partial charge in [0, 0.05) is 11.5 Å². The molecule has 162 valence electrons. The van der Waals surface area contributed by atoms with Gasteiger partial charge in [-0.1, -0.05) is 21.6 Å². The van der Waals surface area contributed by atoms with E-state index in [0.717, 1.165) is 21.6 Å². The summed E-state index contributed by atoms with van der Waals surface area (Å²) in [6.45, 7) is 9.90. The van der Waals surface area contributed by atoms with Crippen molar-refractivity contribution >= 4 is 45.7 Å². The maximum absolute atomic E-state index is 11.7. The minimum absolute atomic E-state index is 0.0297. The highest BCUT2D eigenvalue weighted by Gasteiger charge is 2.26. The van der Waals surface area contributed by atoms with Crippen LogP contribution < -0.4 is 10.6 Å². The monoisotopic (exact) mass is 440 g/mol. The minimum atomic E-state index is -1.25. The van der Waals surface area contributed by atoms with Crippen molar-refractivity contribution in [1.29, 1.82) is 0 Å². The lowest BCUT2D eigenvalue weighted by atomic mass is 10.2. The Hall–Kier alpha value is -1.82. The van der Waals surface area contributed by atoms with Crippen molar-refractivity contribution < 1.29 is 38.9 Å². The Morgan fingerprint density at radius 1 is 0.750 bits per heavy atom. The van der Waals surface area contributed by atoms with E-state index in [1.54, 1.807) is 41.5 Å². The molecule has 0 aliphatic rings. The highest BCUT2D eigenvalue weighted by Crippen LogP contribution is 2.23. The fraction of sp³-hybridized carbons (Fsp3) is 0.750. The van der Waals surface area contributed by atoms with Crippen molar-refractivity contribution in [3.05, 3.63) is 0 Å². The highest BCUT2D eigenvalue weighted by atomic mass is 33.1. The molecule has 0 aromatic rings. The fourth-order valence-electron chi connectivity index (χ4n) is 1.48. The number of ether oxygens (including phenoxy) is 2. The van der Waals surface area contributed by atoms with Crippen LogP contribution in [0.5, 0.6) is 0 Å². The standard InChI is InChI=1S/C16H28N2O8S2/c1-15(2,3)25-13(23)17-9(11(19)20)7-27-28-8-10(12(21)22)18-14(24)26-16(4,5)6/h9-10H,7-8H2,1-6H3,(H,17,23)(H,18,24)(H,19,20)(H,21,22)/t9-,10+. The molecule has 0 radical (unpaired) electrons. The van der Waals surface area contributed by atoms with Gasteiger partial charge in [-0.3, -0.25) is 0 Å². The van der Waals surface area contributed by atoms with Gasteiger partial charge in [0.05, 0.1) is 0 Å². The molecule has 2 atom stereocenters. The van der Waals surface area contributed by atoms with Crippen LogP contribution in [0.1, 0.15) is 41.5 Å². The number of carbonyl (C=O) groups is 4. The first-order valence-electron chi connectivity index (χ1n) is 8.30. The van der Waals surface area contributed by atoms with E-state index in [2.05, 4.69) is 10.6 Å². The highest BCUT2D eigenvalue weighted by molar-refractivity contribution is 8.76. The number of hydrogen-bond donors (Lipinski definition) is 4. The summed E-state index contributed by atoms with van der Waals surface area (Å²) in [4.78, 5) is 45.9. The summed E-state index contributed by atoms with van der Waals surface area (Å²) in [7, 11) is 2.09. The normalized spacial score (nSPS) is 13.8. The maximum atomic E-state index is 11.7. The van der Waals surface area contributed by atoms with Gasteiger partial charge in [0.15, 0.2) is 0 Å². The number of aliphatic carboxylic acids is 2. The summed E-state index contributed by atoms with van der Waals surface area (Å²) in [5, 5.41) is 22.8. The Bertz CT molecular complexity index is 522. The van der Waals surface area contributed by atoms with Crippen molar-refractivity contribution in [3.8, 4) is 0 Å². The number of amides is 2. The van der Waals surface area contributed by atoms with Crippen molar-refractivity contribution in [2.24, 2.45) is 0 Å². The molecule has 0 spiro atoms. The average Bonchev–Trinajstić information content (AvgIpc) is 2.44. The van der Waals surface area contributed by atoms with Crippen molar-refractivity contribution in [2.45, 2.75) is 64.8 Å². The largest absolute Gasteiger partial charge is 0.480 e. The first-order valence-corrected chi connectivity index (χ1v) is 10.8. The third-order valence-corrected chi connectivity index (χ3v) is 4.95. The lowest BCUT2D eigenvalue weighted by Crippen LogP contribution is -2.45. The molecule has 2 amide bonds. The SMILES string of the molecule is CC(C)(C)OC(=O)N[C@@H](CSSC[C@@H](NC(=O)OC(C)(C)C)C(=O)O)C(=O)O. The predicted octanol–water partition coefficient (Wildman–Crippen LogP) is 2.32. The Balaban J connectivity index is 4.51. The van der Waals surface area contributed by atoms with Gasteiger partial charge >= 0.3 is 24.1 Å². The van der Waals surface area contributed by atoms with Gasteiger partial charge in [0.1, 0.15) is 23.3 Å². The van der Waals surface area contributed by atoms with Crippen LogP contribution in [0.15, 0.2) is 0 Å². The molecule has 0 aromatic heterocycles. The number of nitrogens with one attached hydrogen (secondary N) is 2. The molecule has 0 aromatic carbocycles. The zero-order chi connectivity index (χ0) is 22.1. The number of alkyl carbamates (subject to hydrolysis) is 2. The van der Waals surface area contributed by atoms with E-state index in [1.807, 2.05) is 0 Å². The lowest BCUT2D eigenvalue weighted by Gasteiger charge is -2.22. The first-order chi connectivity index (χ1) is 12.6. The summed E-state index contributed by atoms with van der Waals surface area (Å²) < 4.78 is 10.0. The average molecular weight is 441 g/mol. The molecule has 0 saturated carbocycles. The van der Waals surface area contributed by atoms with E-state index in [-0.39, 0.29) is 11.5 Å². The molecule has 0 fully saturated rings. The van der Waals surface area contributed by atoms with E-state index < -0.39 is 47.4 Å². The molecule has 0 unspecified atom stereocenters. The van der Waals surface area contributed by atoms with Gasteiger partial charge in [0.25, 0.3) is 0 Å². The molecule has 28 heavy (non-hydrogen) atoms. The summed E-state index contributed by atoms with van der Waals surface area (Å²) in [6.07, 6.45) is -1.72. The Labute approximate surface area is 171 Å². The Morgan fingerprint density at radius 3 is 1.25 bits per heavy atom. The number of carboxylic acids is 2. The van der Waals surface area contributed by atoms with Crippen LogP contribution in [0.4, 0.5) is 9.59 Å². The van der Waals surface area contributed by atoms with Gasteiger partial charge in [-0.05, 0) is 41.5 Å². The molecule has 0 bridgehead atoms. The summed E-state index contributed by atoms with van der Waals surface area (Å²) in [5.41, 5.74) is -1.53. The number of hydrogen-bond acceptors (Lipinski definition) is 8. The van der Waals surface area contributed by atoms with Gasteiger partial charge in [-0.15, -0.1) is 0 Å². The molecule has 0 saturated heterocycles. The van der Waals surface area contributed by atoms with Gasteiger partial charge in [-0.2, -0.15) is 0 Å². The van der Waals surface area contributed by atoms with Crippen LogP contribution in [0.2, 0.25) is 0 Å². The molecular weight excluding hydrogens is 412 g/mol. The van der Waals surface area contributed by atoms with E-state index >= 15 is 0 Å². The molecule has 12 heteroatoms. The number of rotatable bonds is 9. The molecular formula is C16H28N2O8S2. The lowest BCUT2D eigenvalue weighted by molar-refractivity contribution is -0.139. The molecule has 0 aliphatic carbocycles. The molecule has 0 heterocycles. The van der Waals surface area contributed by atoms with Gasteiger partial charge in [0.2, 0.25) is 0 Å². The number of carboxylic acid groups (broad SMARTS) is 2. The molecule has 10 nitrogen and oxygen atoms in total. The Morgan fingerprint density at radius 2 is 1.04 bits per heavy atom. The van der Waals surface area contributed by atoms with Crippen LogP contribution in [0.25, 0.3) is 0 Å². The third-order valence-electron chi connectivity index (χ3n) is 2.53. The quantitative estimate of drug-likeness (QED) is 0.310. The second-order valence-electron chi connectivity index (χ2n) is 7.64. The summed E-state index contributed by atoms with van der Waals surface area (Å²) >= 11 is 0. The van der Waals surface area contributed by atoms with Crippen LogP contribution in [0, 0.1) is 0 Å². The van der Waals surface area contributed by atoms with Crippen molar-refractivity contribution in [3.63, 3.8) is 0 Å². The molecule has 0 aliphatic heterocycles. The Kier molecular flexibility index (Phi) is 10.5. The van der Waals surface area contributed by atoms with Crippen molar-refractivity contribution in [2.75, 3.05) is 11.5 Å².